The summed E-state index contributed by atoms with van der Waals surface area (Å²) in [7, 11) is 0. The summed E-state index contributed by atoms with van der Waals surface area (Å²) in [6.07, 6.45) is 0.742. The lowest BCUT2D eigenvalue weighted by atomic mass is 9.99. The van der Waals surface area contributed by atoms with Crippen LogP contribution in [0.15, 0.2) is 60.7 Å². The van der Waals surface area contributed by atoms with E-state index in [2.05, 4.69) is 22.8 Å². The highest BCUT2D eigenvalue weighted by atomic mass is 16.2. The highest BCUT2D eigenvalue weighted by Gasteiger charge is 2.24. The Morgan fingerprint density at radius 2 is 1.76 bits per heavy atom. The number of piperazine rings is 1. The quantitative estimate of drug-likeness (QED) is 0.700. The van der Waals surface area contributed by atoms with E-state index in [9.17, 15) is 9.59 Å². The molecule has 1 unspecified atom stereocenters. The molecule has 2 aromatic rings. The second kappa shape index (κ2) is 8.44. The number of hydrogen-bond acceptors (Lipinski definition) is 2. The van der Waals surface area contributed by atoms with Crippen molar-refractivity contribution in [3.8, 4) is 0 Å². The van der Waals surface area contributed by atoms with Gasteiger partial charge in [0.05, 0.1) is 19.1 Å². The van der Waals surface area contributed by atoms with E-state index in [0.717, 1.165) is 23.4 Å². The predicted octanol–water partition coefficient (Wildman–Crippen LogP) is 0.101. The molecule has 1 heterocycles. The van der Waals surface area contributed by atoms with Crippen molar-refractivity contribution in [1.29, 1.82) is 0 Å². The highest BCUT2D eigenvalue weighted by molar-refractivity contribution is 5.79. The van der Waals surface area contributed by atoms with Crippen molar-refractivity contribution in [2.75, 3.05) is 26.2 Å². The fourth-order valence-electron chi connectivity index (χ4n) is 3.17. The molecule has 1 saturated heterocycles. The van der Waals surface area contributed by atoms with Crippen molar-refractivity contribution in [2.24, 2.45) is 0 Å². The molecular weight excluding hydrogens is 314 g/mol. The number of carbonyl (C=O) groups excluding carboxylic acids is 2. The van der Waals surface area contributed by atoms with Gasteiger partial charge < -0.3 is 15.5 Å². The Hall–Kier alpha value is -2.66. The summed E-state index contributed by atoms with van der Waals surface area (Å²) in [5.74, 6) is -0.00701. The Kier molecular flexibility index (Phi) is 5.80. The van der Waals surface area contributed by atoms with E-state index in [-0.39, 0.29) is 17.9 Å². The Morgan fingerprint density at radius 1 is 1.08 bits per heavy atom. The molecule has 0 aliphatic carbocycles. The Bertz CT molecular complexity index is 703. The molecule has 3 rings (SSSR count). The monoisotopic (exact) mass is 338 g/mol. The minimum atomic E-state index is -0.0749. The lowest BCUT2D eigenvalue weighted by Crippen LogP contribution is -3.16. The van der Waals surface area contributed by atoms with Crippen LogP contribution in [0.3, 0.4) is 0 Å². The molecule has 2 amide bonds. The summed E-state index contributed by atoms with van der Waals surface area (Å²) in [5.41, 5.74) is 2.27. The topological polar surface area (TPSA) is 62.6 Å². The van der Waals surface area contributed by atoms with Crippen LogP contribution < -0.4 is 15.5 Å². The zero-order valence-electron chi connectivity index (χ0n) is 14.2. The molecule has 0 saturated carbocycles. The van der Waals surface area contributed by atoms with Gasteiger partial charge in [0.1, 0.15) is 0 Å². The summed E-state index contributed by atoms with van der Waals surface area (Å²) in [5, 5.41) is 5.95. The number of quaternary nitrogens is 1. The van der Waals surface area contributed by atoms with E-state index in [0.29, 0.717) is 19.6 Å². The first kappa shape index (κ1) is 17.2. The largest absolute Gasteiger partial charge is 0.346 e. The number of amides is 2. The van der Waals surface area contributed by atoms with Crippen LogP contribution in [0.2, 0.25) is 0 Å². The molecule has 1 aliphatic rings. The summed E-state index contributed by atoms with van der Waals surface area (Å²) in [6.45, 7) is 2.11. The van der Waals surface area contributed by atoms with Gasteiger partial charge in [-0.05, 0) is 17.5 Å². The standard InChI is InChI=1S/C20H23N3O2/c24-19-14-23(12-11-21-19)15-20(25)22-18(17-9-5-2-6-10-17)13-16-7-3-1-4-8-16/h1-10,18H,11-15H2,(H,21,24)(H,22,25)/p+1/t18-/m1/s1. The molecule has 0 bridgehead atoms. The summed E-state index contributed by atoms with van der Waals surface area (Å²) in [4.78, 5) is 25.0. The van der Waals surface area contributed by atoms with Crippen molar-refractivity contribution in [1.82, 2.24) is 10.6 Å². The van der Waals surface area contributed by atoms with E-state index in [1.807, 2.05) is 48.5 Å². The van der Waals surface area contributed by atoms with Crippen molar-refractivity contribution in [3.05, 3.63) is 71.8 Å². The van der Waals surface area contributed by atoms with E-state index in [1.165, 1.54) is 5.56 Å². The highest BCUT2D eigenvalue weighted by Crippen LogP contribution is 2.18. The summed E-state index contributed by atoms with van der Waals surface area (Å²) >= 11 is 0. The van der Waals surface area contributed by atoms with Gasteiger partial charge in [0.2, 0.25) is 0 Å². The van der Waals surface area contributed by atoms with Crippen LogP contribution in [0.5, 0.6) is 0 Å². The van der Waals surface area contributed by atoms with Gasteiger partial charge in [-0.15, -0.1) is 0 Å². The number of rotatable bonds is 6. The zero-order chi connectivity index (χ0) is 17.5. The first-order chi connectivity index (χ1) is 12.2. The number of hydrogen-bond donors (Lipinski definition) is 3. The summed E-state index contributed by atoms with van der Waals surface area (Å²) in [6, 6.07) is 20.1. The fourth-order valence-corrected chi connectivity index (χ4v) is 3.17. The number of benzene rings is 2. The molecule has 1 fully saturated rings. The average molecular weight is 338 g/mol. The molecule has 0 aromatic heterocycles. The Morgan fingerprint density at radius 3 is 2.44 bits per heavy atom. The van der Waals surface area contributed by atoms with Gasteiger partial charge in [-0.25, -0.2) is 0 Å². The fraction of sp³-hybridized carbons (Fsp3) is 0.300. The second-order valence-corrected chi connectivity index (χ2v) is 6.42. The number of carbonyl (C=O) groups is 2. The first-order valence-electron chi connectivity index (χ1n) is 8.69. The molecule has 130 valence electrons. The van der Waals surface area contributed by atoms with E-state index in [1.54, 1.807) is 0 Å². The van der Waals surface area contributed by atoms with Crippen molar-refractivity contribution >= 4 is 11.8 Å². The van der Waals surface area contributed by atoms with E-state index in [4.69, 9.17) is 0 Å². The molecule has 0 radical (unpaired) electrons. The number of nitrogens with one attached hydrogen (secondary N) is 3. The maximum atomic E-state index is 12.5. The Labute approximate surface area is 148 Å². The van der Waals surface area contributed by atoms with Crippen molar-refractivity contribution in [2.45, 2.75) is 12.5 Å². The van der Waals surface area contributed by atoms with Crippen LogP contribution >= 0.6 is 0 Å². The zero-order valence-corrected chi connectivity index (χ0v) is 14.2. The van der Waals surface area contributed by atoms with Crippen LogP contribution in [0.25, 0.3) is 0 Å². The SMILES string of the molecule is O=C1C[NH+](CC(=O)N[C@H](Cc2ccccc2)c2ccccc2)CCN1. The predicted molar refractivity (Wildman–Crippen MR) is 96.0 cm³/mol. The first-order valence-corrected chi connectivity index (χ1v) is 8.69. The van der Waals surface area contributed by atoms with Crippen LogP contribution in [0.4, 0.5) is 0 Å². The van der Waals surface area contributed by atoms with Gasteiger partial charge in [-0.3, -0.25) is 9.59 Å². The van der Waals surface area contributed by atoms with Crippen LogP contribution in [-0.4, -0.2) is 38.0 Å². The minimum absolute atomic E-state index is 0.0120. The van der Waals surface area contributed by atoms with Gasteiger partial charge in [-0.2, -0.15) is 0 Å². The van der Waals surface area contributed by atoms with Gasteiger partial charge in [0, 0.05) is 0 Å². The van der Waals surface area contributed by atoms with Gasteiger partial charge in [0.15, 0.2) is 13.1 Å². The molecule has 2 atom stereocenters. The lowest BCUT2D eigenvalue weighted by molar-refractivity contribution is -0.885. The van der Waals surface area contributed by atoms with Crippen molar-refractivity contribution in [3.63, 3.8) is 0 Å². The van der Waals surface area contributed by atoms with Gasteiger partial charge in [-0.1, -0.05) is 60.7 Å². The van der Waals surface area contributed by atoms with Crippen LogP contribution in [0.1, 0.15) is 17.2 Å². The maximum Gasteiger partial charge on any atom is 0.275 e. The molecule has 5 heteroatoms. The van der Waals surface area contributed by atoms with Crippen LogP contribution in [0, 0.1) is 0 Å². The van der Waals surface area contributed by atoms with Gasteiger partial charge >= 0.3 is 0 Å². The molecule has 2 aromatic carbocycles. The molecule has 1 aliphatic heterocycles. The molecule has 0 spiro atoms. The lowest BCUT2D eigenvalue weighted by Gasteiger charge is -2.25. The smallest absolute Gasteiger partial charge is 0.275 e. The third-order valence-electron chi connectivity index (χ3n) is 4.44. The van der Waals surface area contributed by atoms with E-state index < -0.39 is 0 Å². The maximum absolute atomic E-state index is 12.5. The normalized spacial score (nSPS) is 18.2. The minimum Gasteiger partial charge on any atom is -0.346 e. The third-order valence-corrected chi connectivity index (χ3v) is 4.44. The van der Waals surface area contributed by atoms with Gasteiger partial charge in [0.25, 0.3) is 11.8 Å². The Balaban J connectivity index is 1.66. The molecule has 25 heavy (non-hydrogen) atoms. The molecular formula is C20H24N3O2+. The third kappa shape index (κ3) is 5.16. The molecule has 3 N–H and O–H groups in total. The van der Waals surface area contributed by atoms with Crippen molar-refractivity contribution < 1.29 is 14.5 Å². The second-order valence-electron chi connectivity index (χ2n) is 6.42. The van der Waals surface area contributed by atoms with Crippen LogP contribution in [-0.2, 0) is 16.0 Å². The summed E-state index contributed by atoms with van der Waals surface area (Å²) < 4.78 is 0. The molecule has 5 nitrogen and oxygen atoms in total. The van der Waals surface area contributed by atoms with E-state index >= 15 is 0 Å². The average Bonchev–Trinajstić information content (AvgIpc) is 2.63.